The Morgan fingerprint density at radius 3 is 2.00 bits per heavy atom. The van der Waals surface area contributed by atoms with E-state index in [0.717, 1.165) is 0 Å². The molecule has 6 heteroatoms. The van der Waals surface area contributed by atoms with Gasteiger partial charge in [-0.15, -0.1) is 0 Å². The van der Waals surface area contributed by atoms with Gasteiger partial charge < -0.3 is 20.7 Å². The van der Waals surface area contributed by atoms with Crippen molar-refractivity contribution in [2.45, 2.75) is 20.8 Å². The molecule has 0 aliphatic heterocycles. The first-order valence-corrected chi connectivity index (χ1v) is 5.10. The first-order valence-electron chi connectivity index (χ1n) is 5.10. The number of amides is 2. The lowest BCUT2D eigenvalue weighted by molar-refractivity contribution is 0.165. The topological polar surface area (TPSA) is 82.2 Å². The summed E-state index contributed by atoms with van der Waals surface area (Å²) in [5, 5.41) is 11.3. The van der Waals surface area contributed by atoms with Crippen LogP contribution in [0.25, 0.3) is 0 Å². The van der Waals surface area contributed by atoms with Crippen LogP contribution in [-0.4, -0.2) is 53.1 Å². The van der Waals surface area contributed by atoms with Gasteiger partial charge in [0.1, 0.15) is 0 Å². The van der Waals surface area contributed by atoms with Gasteiger partial charge in [-0.25, -0.2) is 4.79 Å². The van der Waals surface area contributed by atoms with E-state index in [1.807, 2.05) is 20.8 Å². The molecule has 2 amide bonds. The van der Waals surface area contributed by atoms with E-state index in [-0.39, 0.29) is 18.4 Å². The minimum atomic E-state index is -0.0888. The Hall–Kier alpha value is -1.46. The highest BCUT2D eigenvalue weighted by atomic mass is 16.4. The molecular formula is C9H20N4O2. The zero-order valence-corrected chi connectivity index (χ0v) is 9.60. The highest BCUT2D eigenvalue weighted by molar-refractivity contribution is 5.86. The number of amidine groups is 1. The molecule has 15 heavy (non-hydrogen) atoms. The van der Waals surface area contributed by atoms with Crippen LogP contribution < -0.4 is 5.73 Å². The lowest BCUT2D eigenvalue weighted by Crippen LogP contribution is -2.46. The number of hydrogen-bond donors (Lipinski definition) is 2. The number of oxime groups is 1. The highest BCUT2D eigenvalue weighted by Crippen LogP contribution is 1.98. The Morgan fingerprint density at radius 1 is 1.20 bits per heavy atom. The van der Waals surface area contributed by atoms with E-state index < -0.39 is 0 Å². The molecule has 0 bridgehead atoms. The van der Waals surface area contributed by atoms with Crippen LogP contribution in [0.5, 0.6) is 0 Å². The van der Waals surface area contributed by atoms with Crippen LogP contribution in [0.1, 0.15) is 20.8 Å². The molecule has 0 spiro atoms. The van der Waals surface area contributed by atoms with E-state index in [1.54, 1.807) is 4.90 Å². The van der Waals surface area contributed by atoms with Crippen LogP contribution >= 0.6 is 0 Å². The van der Waals surface area contributed by atoms with Crippen LogP contribution in [-0.2, 0) is 0 Å². The van der Waals surface area contributed by atoms with Crippen molar-refractivity contribution in [1.29, 1.82) is 0 Å². The van der Waals surface area contributed by atoms with Gasteiger partial charge in [-0.2, -0.15) is 0 Å². The molecule has 3 N–H and O–H groups in total. The van der Waals surface area contributed by atoms with Crippen molar-refractivity contribution in [3.05, 3.63) is 0 Å². The number of hydrogen-bond acceptors (Lipinski definition) is 3. The Balaban J connectivity index is 4.46. The molecule has 0 aromatic heterocycles. The summed E-state index contributed by atoms with van der Waals surface area (Å²) in [6.07, 6.45) is 0. The molecule has 0 rings (SSSR count). The molecule has 0 aromatic carbocycles. The summed E-state index contributed by atoms with van der Waals surface area (Å²) < 4.78 is 0. The van der Waals surface area contributed by atoms with Gasteiger partial charge in [0.25, 0.3) is 0 Å². The van der Waals surface area contributed by atoms with E-state index in [4.69, 9.17) is 10.9 Å². The van der Waals surface area contributed by atoms with Crippen molar-refractivity contribution in [3.8, 4) is 0 Å². The second kappa shape index (κ2) is 6.92. The predicted molar refractivity (Wildman–Crippen MR) is 59.0 cm³/mol. The van der Waals surface area contributed by atoms with Crippen LogP contribution in [0.2, 0.25) is 0 Å². The summed E-state index contributed by atoms with van der Waals surface area (Å²) in [4.78, 5) is 15.1. The Morgan fingerprint density at radius 2 is 1.67 bits per heavy atom. The Bertz CT molecular complexity index is 226. The second-order valence-corrected chi connectivity index (χ2v) is 3.06. The number of carbonyl (C=O) groups excluding carboxylic acids is 1. The number of carbonyl (C=O) groups is 1. The fourth-order valence-electron chi connectivity index (χ4n) is 1.24. The summed E-state index contributed by atoms with van der Waals surface area (Å²) >= 11 is 0. The summed E-state index contributed by atoms with van der Waals surface area (Å²) in [5.74, 6) is 0.0392. The third-order valence-corrected chi connectivity index (χ3v) is 2.17. The molecule has 0 saturated heterocycles. The van der Waals surface area contributed by atoms with Crippen molar-refractivity contribution in [1.82, 2.24) is 9.80 Å². The zero-order valence-electron chi connectivity index (χ0n) is 9.60. The molecule has 88 valence electrons. The molecule has 0 atom stereocenters. The zero-order chi connectivity index (χ0) is 11.8. The molecule has 0 saturated carbocycles. The Labute approximate surface area is 90.3 Å². The molecule has 0 radical (unpaired) electrons. The van der Waals surface area contributed by atoms with Gasteiger partial charge in [-0.3, -0.25) is 0 Å². The minimum Gasteiger partial charge on any atom is -0.409 e. The van der Waals surface area contributed by atoms with Gasteiger partial charge in [0.15, 0.2) is 5.84 Å². The van der Waals surface area contributed by atoms with Gasteiger partial charge in [-0.05, 0) is 20.8 Å². The van der Waals surface area contributed by atoms with Crippen molar-refractivity contribution >= 4 is 11.9 Å². The van der Waals surface area contributed by atoms with Crippen LogP contribution in [0.15, 0.2) is 5.16 Å². The monoisotopic (exact) mass is 216 g/mol. The maximum absolute atomic E-state index is 11.8. The fraction of sp³-hybridized carbons (Fsp3) is 0.778. The predicted octanol–water partition coefficient (Wildman–Crippen LogP) is 0.516. The second-order valence-electron chi connectivity index (χ2n) is 3.06. The maximum atomic E-state index is 11.8. The third kappa shape index (κ3) is 4.05. The van der Waals surface area contributed by atoms with E-state index >= 15 is 0 Å². The smallest absolute Gasteiger partial charge is 0.320 e. The number of likely N-dealkylation sites (N-methyl/N-ethyl adjacent to an activating group) is 1. The van der Waals surface area contributed by atoms with Crippen molar-refractivity contribution in [2.24, 2.45) is 10.9 Å². The van der Waals surface area contributed by atoms with E-state index in [0.29, 0.717) is 19.6 Å². The number of urea groups is 1. The SMILES string of the molecule is CCN(CC)C(=O)N(CC)CC(N)=NO. The molecule has 0 aliphatic carbocycles. The van der Waals surface area contributed by atoms with Gasteiger partial charge in [0.2, 0.25) is 0 Å². The summed E-state index contributed by atoms with van der Waals surface area (Å²) in [6, 6.07) is -0.0888. The van der Waals surface area contributed by atoms with Gasteiger partial charge in [0, 0.05) is 19.6 Å². The molecule has 0 aromatic rings. The molecular weight excluding hydrogens is 196 g/mol. The van der Waals surface area contributed by atoms with Crippen molar-refractivity contribution < 1.29 is 10.0 Å². The Kier molecular flexibility index (Phi) is 6.24. The van der Waals surface area contributed by atoms with E-state index in [9.17, 15) is 4.79 Å². The van der Waals surface area contributed by atoms with Gasteiger partial charge in [-0.1, -0.05) is 5.16 Å². The lowest BCUT2D eigenvalue weighted by Gasteiger charge is -2.27. The summed E-state index contributed by atoms with van der Waals surface area (Å²) in [6.45, 7) is 7.68. The standard InChI is InChI=1S/C9H20N4O2/c1-4-12(5-2)9(14)13(6-3)7-8(10)11-15/h15H,4-7H2,1-3H3,(H2,10,11). The van der Waals surface area contributed by atoms with Crippen molar-refractivity contribution in [3.63, 3.8) is 0 Å². The number of nitrogens with two attached hydrogens (primary N) is 1. The van der Waals surface area contributed by atoms with Gasteiger partial charge >= 0.3 is 6.03 Å². The number of rotatable bonds is 5. The molecule has 0 unspecified atom stereocenters. The maximum Gasteiger partial charge on any atom is 0.320 e. The molecule has 6 nitrogen and oxygen atoms in total. The molecule has 0 heterocycles. The van der Waals surface area contributed by atoms with Crippen LogP contribution in [0.4, 0.5) is 4.79 Å². The van der Waals surface area contributed by atoms with Gasteiger partial charge in [0.05, 0.1) is 6.54 Å². The van der Waals surface area contributed by atoms with E-state index in [2.05, 4.69) is 5.16 Å². The van der Waals surface area contributed by atoms with E-state index in [1.165, 1.54) is 4.90 Å². The minimum absolute atomic E-state index is 0.0392. The first kappa shape index (κ1) is 13.5. The van der Waals surface area contributed by atoms with Crippen molar-refractivity contribution in [2.75, 3.05) is 26.2 Å². The van der Waals surface area contributed by atoms with Crippen LogP contribution in [0.3, 0.4) is 0 Å². The number of nitrogens with zero attached hydrogens (tertiary/aromatic N) is 3. The fourth-order valence-corrected chi connectivity index (χ4v) is 1.24. The quantitative estimate of drug-likeness (QED) is 0.304. The van der Waals surface area contributed by atoms with Crippen LogP contribution in [0, 0.1) is 0 Å². The molecule has 0 aliphatic rings. The average Bonchev–Trinajstić information content (AvgIpc) is 2.26. The molecule has 0 fully saturated rings. The lowest BCUT2D eigenvalue weighted by atomic mass is 10.4. The highest BCUT2D eigenvalue weighted by Gasteiger charge is 2.17. The summed E-state index contributed by atoms with van der Waals surface area (Å²) in [7, 11) is 0. The third-order valence-electron chi connectivity index (χ3n) is 2.17. The summed E-state index contributed by atoms with van der Waals surface area (Å²) in [5.41, 5.74) is 5.36. The first-order chi connectivity index (χ1) is 7.10. The largest absolute Gasteiger partial charge is 0.409 e. The normalized spacial score (nSPS) is 11.3. The average molecular weight is 216 g/mol.